The molecule has 1 aromatic rings. The molecule has 1 aliphatic heterocycles. The fourth-order valence-corrected chi connectivity index (χ4v) is 3.05. The largest absolute Gasteiger partial charge is 0.381 e. The first-order chi connectivity index (χ1) is 7.24. The lowest BCUT2D eigenvalue weighted by atomic mass is 10.1. The molecule has 0 bridgehead atoms. The van der Waals surface area contributed by atoms with Crippen molar-refractivity contribution >= 4 is 28.1 Å². The lowest BCUT2D eigenvalue weighted by Gasteiger charge is -2.23. The molecule has 0 aromatic carbocycles. The Hall–Kier alpha value is -0.680. The third-order valence-electron chi connectivity index (χ3n) is 2.38. The molecule has 15 heavy (non-hydrogen) atoms. The van der Waals surface area contributed by atoms with E-state index in [-0.39, 0.29) is 0 Å². The maximum atomic E-state index is 11.2. The third-order valence-corrected chi connectivity index (χ3v) is 3.95. The van der Waals surface area contributed by atoms with Crippen molar-refractivity contribution in [3.63, 3.8) is 0 Å². The number of hydrogen-bond donors (Lipinski definition) is 1. The zero-order valence-corrected chi connectivity index (χ0v) is 9.72. The smallest absolute Gasteiger partial charge is 0.153 e. The van der Waals surface area contributed by atoms with E-state index in [4.69, 9.17) is 11.6 Å². The molecule has 0 radical (unpaired) electrons. The Balaban J connectivity index is 1.94. The highest BCUT2D eigenvalue weighted by Gasteiger charge is 2.17. The fraction of sp³-hybridized carbons (Fsp3) is 0.556. The summed E-state index contributed by atoms with van der Waals surface area (Å²) >= 11 is 5.72. The van der Waals surface area contributed by atoms with Crippen LogP contribution >= 0.6 is 11.6 Å². The second-order valence-electron chi connectivity index (χ2n) is 3.53. The van der Waals surface area contributed by atoms with Crippen LogP contribution < -0.4 is 5.32 Å². The van der Waals surface area contributed by atoms with Crippen LogP contribution in [0.1, 0.15) is 12.8 Å². The summed E-state index contributed by atoms with van der Waals surface area (Å²) in [7, 11) is -0.617. The van der Waals surface area contributed by atoms with E-state index in [0.29, 0.717) is 11.2 Å². The quantitative estimate of drug-likeness (QED) is 0.857. The first-order valence-corrected chi connectivity index (χ1v) is 6.70. The summed E-state index contributed by atoms with van der Waals surface area (Å²) in [6.07, 6.45) is 3.52. The number of aromatic nitrogens is 2. The summed E-state index contributed by atoms with van der Waals surface area (Å²) in [4.78, 5) is 0. The van der Waals surface area contributed by atoms with Crippen LogP contribution in [0.25, 0.3) is 0 Å². The van der Waals surface area contributed by atoms with Crippen LogP contribution in [-0.4, -0.2) is 32.0 Å². The van der Waals surface area contributed by atoms with Crippen molar-refractivity contribution in [1.29, 1.82) is 0 Å². The molecule has 0 saturated carbocycles. The van der Waals surface area contributed by atoms with Crippen LogP contribution in [0.3, 0.4) is 0 Å². The molecular formula is C9H12ClN3OS. The summed E-state index contributed by atoms with van der Waals surface area (Å²) < 4.78 is 11.2. The monoisotopic (exact) mass is 245 g/mol. The average molecular weight is 246 g/mol. The van der Waals surface area contributed by atoms with Gasteiger partial charge in [-0.15, -0.1) is 5.10 Å². The van der Waals surface area contributed by atoms with Gasteiger partial charge in [0.1, 0.15) is 0 Å². The Labute approximate surface area is 95.9 Å². The van der Waals surface area contributed by atoms with Crippen LogP contribution in [0, 0.1) is 0 Å². The molecule has 1 N–H and O–H groups in total. The minimum atomic E-state index is -0.617. The summed E-state index contributed by atoms with van der Waals surface area (Å²) in [6, 6.07) is 2.13. The molecule has 0 atom stereocenters. The minimum Gasteiger partial charge on any atom is -0.381 e. The van der Waals surface area contributed by atoms with Gasteiger partial charge in [-0.05, 0) is 12.8 Å². The van der Waals surface area contributed by atoms with Crippen molar-refractivity contribution in [2.45, 2.75) is 18.9 Å². The Morgan fingerprint density at radius 3 is 2.87 bits per heavy atom. The standard InChI is InChI=1S/C9H12ClN3OS/c10-9-5-8(6-11-13-9)12-7-1-3-15(14)4-2-7/h5-7H,1-4H2,(H,12,13). The zero-order valence-electron chi connectivity index (χ0n) is 8.15. The number of nitrogens with one attached hydrogen (secondary N) is 1. The van der Waals surface area contributed by atoms with E-state index in [2.05, 4.69) is 15.5 Å². The van der Waals surface area contributed by atoms with Crippen molar-refractivity contribution in [2.24, 2.45) is 0 Å². The van der Waals surface area contributed by atoms with Gasteiger partial charge in [0, 0.05) is 34.4 Å². The Morgan fingerprint density at radius 1 is 1.47 bits per heavy atom. The molecule has 1 aromatic heterocycles. The highest BCUT2D eigenvalue weighted by Crippen LogP contribution is 2.17. The molecule has 0 unspecified atom stereocenters. The summed E-state index contributed by atoms with van der Waals surface area (Å²) in [6.45, 7) is 0. The number of hydrogen-bond acceptors (Lipinski definition) is 4. The van der Waals surface area contributed by atoms with E-state index >= 15 is 0 Å². The topological polar surface area (TPSA) is 54.9 Å². The maximum absolute atomic E-state index is 11.2. The van der Waals surface area contributed by atoms with Gasteiger partial charge in [-0.1, -0.05) is 11.6 Å². The number of halogens is 1. The Kier molecular flexibility index (Phi) is 3.53. The third kappa shape index (κ3) is 3.14. The second kappa shape index (κ2) is 4.90. The number of anilines is 1. The van der Waals surface area contributed by atoms with Crippen LogP contribution in [-0.2, 0) is 10.8 Å². The molecule has 1 saturated heterocycles. The molecule has 2 heterocycles. The van der Waals surface area contributed by atoms with Crippen molar-refractivity contribution in [1.82, 2.24) is 10.2 Å². The lowest BCUT2D eigenvalue weighted by Crippen LogP contribution is -2.29. The minimum absolute atomic E-state index is 0.378. The van der Waals surface area contributed by atoms with Crippen LogP contribution in [0.15, 0.2) is 12.3 Å². The van der Waals surface area contributed by atoms with E-state index in [9.17, 15) is 4.21 Å². The molecule has 0 amide bonds. The SMILES string of the molecule is O=S1CCC(Nc2cnnc(Cl)c2)CC1. The van der Waals surface area contributed by atoms with E-state index < -0.39 is 10.8 Å². The van der Waals surface area contributed by atoms with E-state index in [1.54, 1.807) is 12.3 Å². The Morgan fingerprint density at radius 2 is 2.20 bits per heavy atom. The summed E-state index contributed by atoms with van der Waals surface area (Å²) in [5.41, 5.74) is 0.882. The van der Waals surface area contributed by atoms with Crippen LogP contribution in [0.5, 0.6) is 0 Å². The van der Waals surface area contributed by atoms with Gasteiger partial charge in [0.2, 0.25) is 0 Å². The maximum Gasteiger partial charge on any atom is 0.153 e. The van der Waals surface area contributed by atoms with Crippen molar-refractivity contribution in [3.8, 4) is 0 Å². The van der Waals surface area contributed by atoms with Gasteiger partial charge in [0.05, 0.1) is 11.9 Å². The van der Waals surface area contributed by atoms with Gasteiger partial charge in [-0.2, -0.15) is 5.10 Å². The lowest BCUT2D eigenvalue weighted by molar-refractivity contribution is 0.624. The van der Waals surface area contributed by atoms with E-state index in [1.807, 2.05) is 0 Å². The van der Waals surface area contributed by atoms with Crippen molar-refractivity contribution < 1.29 is 4.21 Å². The van der Waals surface area contributed by atoms with Gasteiger partial charge in [0.25, 0.3) is 0 Å². The van der Waals surface area contributed by atoms with Gasteiger partial charge < -0.3 is 5.32 Å². The summed E-state index contributed by atoms with van der Waals surface area (Å²) in [5.74, 6) is 1.56. The number of rotatable bonds is 2. The summed E-state index contributed by atoms with van der Waals surface area (Å²) in [5, 5.41) is 11.1. The molecule has 0 aliphatic carbocycles. The van der Waals surface area contributed by atoms with Gasteiger partial charge in [0.15, 0.2) is 5.15 Å². The first-order valence-electron chi connectivity index (χ1n) is 4.84. The molecule has 6 heteroatoms. The van der Waals surface area contributed by atoms with E-state index in [0.717, 1.165) is 30.0 Å². The molecule has 1 aliphatic rings. The van der Waals surface area contributed by atoms with Gasteiger partial charge in [-0.25, -0.2) is 0 Å². The molecule has 1 fully saturated rings. The predicted molar refractivity (Wildman–Crippen MR) is 61.6 cm³/mol. The molecule has 2 rings (SSSR count). The van der Waals surface area contributed by atoms with Crippen molar-refractivity contribution in [3.05, 3.63) is 17.4 Å². The van der Waals surface area contributed by atoms with Gasteiger partial charge >= 0.3 is 0 Å². The molecular weight excluding hydrogens is 234 g/mol. The van der Waals surface area contributed by atoms with Crippen molar-refractivity contribution in [2.75, 3.05) is 16.8 Å². The molecule has 82 valence electrons. The molecule has 0 spiro atoms. The first kappa shape index (κ1) is 10.8. The second-order valence-corrected chi connectivity index (χ2v) is 5.62. The highest BCUT2D eigenvalue weighted by molar-refractivity contribution is 7.85. The van der Waals surface area contributed by atoms with E-state index in [1.165, 1.54) is 0 Å². The van der Waals surface area contributed by atoms with Crippen LogP contribution in [0.4, 0.5) is 5.69 Å². The fourth-order valence-electron chi connectivity index (χ4n) is 1.59. The highest BCUT2D eigenvalue weighted by atomic mass is 35.5. The number of nitrogens with zero attached hydrogens (tertiary/aromatic N) is 2. The normalized spacial score (nSPS) is 26.2. The predicted octanol–water partition coefficient (Wildman–Crippen LogP) is 1.45. The van der Waals surface area contributed by atoms with Crippen LogP contribution in [0.2, 0.25) is 5.15 Å². The Bertz CT molecular complexity index is 364. The zero-order chi connectivity index (χ0) is 10.7. The average Bonchev–Trinajstić information content (AvgIpc) is 2.22. The molecule has 4 nitrogen and oxygen atoms in total. The van der Waals surface area contributed by atoms with Gasteiger partial charge in [-0.3, -0.25) is 4.21 Å².